The van der Waals surface area contributed by atoms with Gasteiger partial charge in [-0.1, -0.05) is 36.8 Å². The van der Waals surface area contributed by atoms with Gasteiger partial charge in [0, 0.05) is 18.4 Å². The van der Waals surface area contributed by atoms with Crippen molar-refractivity contribution in [3.05, 3.63) is 65.5 Å². The van der Waals surface area contributed by atoms with Crippen LogP contribution in [0, 0.1) is 6.92 Å². The van der Waals surface area contributed by atoms with E-state index < -0.39 is 0 Å². The van der Waals surface area contributed by atoms with Crippen molar-refractivity contribution in [3.8, 4) is 0 Å². The number of pyridine rings is 1. The molecule has 1 unspecified atom stereocenters. The normalized spacial score (nSPS) is 12.3. The van der Waals surface area contributed by atoms with Crippen LogP contribution in [0.25, 0.3) is 0 Å². The average molecular weight is 254 g/mol. The molecule has 0 aliphatic rings. The summed E-state index contributed by atoms with van der Waals surface area (Å²) < 4.78 is 0. The van der Waals surface area contributed by atoms with Gasteiger partial charge in [-0.25, -0.2) is 0 Å². The molecule has 0 saturated heterocycles. The first-order chi connectivity index (χ1) is 9.28. The molecule has 2 nitrogen and oxygen atoms in total. The van der Waals surface area contributed by atoms with Crippen LogP contribution in [0.2, 0.25) is 0 Å². The maximum absolute atomic E-state index is 4.07. The summed E-state index contributed by atoms with van der Waals surface area (Å²) in [6.07, 6.45) is 5.85. The van der Waals surface area contributed by atoms with Crippen LogP contribution >= 0.6 is 0 Å². The summed E-state index contributed by atoms with van der Waals surface area (Å²) in [6.45, 7) is 5.31. The minimum Gasteiger partial charge on any atom is -0.314 e. The lowest BCUT2D eigenvalue weighted by atomic mass is 9.98. The van der Waals surface area contributed by atoms with Gasteiger partial charge in [-0.3, -0.25) is 4.98 Å². The van der Waals surface area contributed by atoms with E-state index in [0.717, 1.165) is 19.4 Å². The lowest BCUT2D eigenvalue weighted by Crippen LogP contribution is -2.33. The molecule has 2 rings (SSSR count). The van der Waals surface area contributed by atoms with E-state index in [-0.39, 0.29) is 0 Å². The largest absolute Gasteiger partial charge is 0.314 e. The molecule has 1 heterocycles. The summed E-state index contributed by atoms with van der Waals surface area (Å²) in [7, 11) is 0. The molecule has 0 saturated carbocycles. The number of rotatable bonds is 6. The predicted molar refractivity (Wildman–Crippen MR) is 80.3 cm³/mol. The summed E-state index contributed by atoms with van der Waals surface area (Å²) in [4.78, 5) is 4.07. The molecule has 0 spiro atoms. The summed E-state index contributed by atoms with van der Waals surface area (Å²) in [5, 5.41) is 3.58. The molecular weight excluding hydrogens is 232 g/mol. The Kier molecular flexibility index (Phi) is 5.10. The van der Waals surface area contributed by atoms with Gasteiger partial charge in [0.2, 0.25) is 0 Å². The maximum atomic E-state index is 4.07. The van der Waals surface area contributed by atoms with Crippen LogP contribution in [0.3, 0.4) is 0 Å². The second-order valence-electron chi connectivity index (χ2n) is 5.01. The zero-order valence-electron chi connectivity index (χ0n) is 11.8. The topological polar surface area (TPSA) is 24.9 Å². The lowest BCUT2D eigenvalue weighted by molar-refractivity contribution is 0.521. The Labute approximate surface area is 115 Å². The zero-order valence-corrected chi connectivity index (χ0v) is 11.8. The molecule has 0 aliphatic carbocycles. The van der Waals surface area contributed by atoms with Gasteiger partial charge < -0.3 is 5.32 Å². The van der Waals surface area contributed by atoms with Crippen molar-refractivity contribution in [2.24, 2.45) is 0 Å². The van der Waals surface area contributed by atoms with E-state index in [2.05, 4.69) is 60.5 Å². The molecule has 0 aliphatic heterocycles. The van der Waals surface area contributed by atoms with E-state index in [4.69, 9.17) is 0 Å². The number of nitrogens with zero attached hydrogens (tertiary/aromatic N) is 1. The smallest absolute Gasteiger partial charge is 0.0270 e. The van der Waals surface area contributed by atoms with E-state index >= 15 is 0 Å². The van der Waals surface area contributed by atoms with Gasteiger partial charge >= 0.3 is 0 Å². The van der Waals surface area contributed by atoms with Gasteiger partial charge in [0.1, 0.15) is 0 Å². The van der Waals surface area contributed by atoms with Gasteiger partial charge in [-0.2, -0.15) is 0 Å². The van der Waals surface area contributed by atoms with Gasteiger partial charge in [-0.15, -0.1) is 0 Å². The van der Waals surface area contributed by atoms with Crippen LogP contribution < -0.4 is 5.32 Å². The van der Waals surface area contributed by atoms with Crippen LogP contribution in [0.15, 0.2) is 48.8 Å². The highest BCUT2D eigenvalue weighted by molar-refractivity contribution is 5.23. The number of likely N-dealkylation sites (N-methyl/N-ethyl adjacent to an activating group) is 1. The van der Waals surface area contributed by atoms with Gasteiger partial charge in [-0.05, 0) is 49.6 Å². The maximum Gasteiger partial charge on any atom is 0.0270 e. The summed E-state index contributed by atoms with van der Waals surface area (Å²) in [5.74, 6) is 0. The number of hydrogen-bond acceptors (Lipinski definition) is 2. The number of nitrogens with one attached hydrogen (secondary N) is 1. The highest BCUT2D eigenvalue weighted by Crippen LogP contribution is 2.10. The molecule has 100 valence electrons. The quantitative estimate of drug-likeness (QED) is 0.856. The second kappa shape index (κ2) is 7.05. The monoisotopic (exact) mass is 254 g/mol. The molecule has 19 heavy (non-hydrogen) atoms. The SMILES string of the molecule is CCNC(Cc1ccncc1)Cc1cccc(C)c1. The fraction of sp³-hybridized carbons (Fsp3) is 0.353. The van der Waals surface area contributed by atoms with Crippen molar-refractivity contribution >= 4 is 0 Å². The molecule has 0 bridgehead atoms. The first-order valence-corrected chi connectivity index (χ1v) is 6.95. The van der Waals surface area contributed by atoms with Crippen molar-refractivity contribution in [3.63, 3.8) is 0 Å². The molecular formula is C17H22N2. The Morgan fingerprint density at radius 1 is 1.05 bits per heavy atom. The van der Waals surface area contributed by atoms with Crippen LogP contribution in [0.4, 0.5) is 0 Å². The van der Waals surface area contributed by atoms with Gasteiger partial charge in [0.25, 0.3) is 0 Å². The van der Waals surface area contributed by atoms with E-state index in [1.54, 1.807) is 0 Å². The van der Waals surface area contributed by atoms with E-state index in [1.807, 2.05) is 12.4 Å². The van der Waals surface area contributed by atoms with Crippen LogP contribution in [0.5, 0.6) is 0 Å². The third-order valence-electron chi connectivity index (χ3n) is 3.29. The first-order valence-electron chi connectivity index (χ1n) is 6.95. The van der Waals surface area contributed by atoms with Crippen LogP contribution in [-0.2, 0) is 12.8 Å². The number of aromatic nitrogens is 1. The zero-order chi connectivity index (χ0) is 13.5. The Hall–Kier alpha value is -1.67. The molecule has 1 aromatic carbocycles. The fourth-order valence-electron chi connectivity index (χ4n) is 2.43. The van der Waals surface area contributed by atoms with E-state index in [0.29, 0.717) is 6.04 Å². The molecule has 0 fully saturated rings. The van der Waals surface area contributed by atoms with Crippen molar-refractivity contribution in [1.82, 2.24) is 10.3 Å². The molecule has 2 heteroatoms. The van der Waals surface area contributed by atoms with Crippen molar-refractivity contribution < 1.29 is 0 Å². The van der Waals surface area contributed by atoms with Crippen molar-refractivity contribution in [2.45, 2.75) is 32.7 Å². The minimum atomic E-state index is 0.481. The van der Waals surface area contributed by atoms with Crippen LogP contribution in [0.1, 0.15) is 23.6 Å². The Balaban J connectivity index is 2.04. The molecule has 1 aromatic heterocycles. The first kappa shape index (κ1) is 13.8. The highest BCUT2D eigenvalue weighted by atomic mass is 14.9. The van der Waals surface area contributed by atoms with Gasteiger partial charge in [0.15, 0.2) is 0 Å². The Morgan fingerprint density at radius 2 is 1.79 bits per heavy atom. The number of aryl methyl sites for hydroxylation is 1. The minimum absolute atomic E-state index is 0.481. The molecule has 2 aromatic rings. The highest BCUT2D eigenvalue weighted by Gasteiger charge is 2.09. The average Bonchev–Trinajstić information content (AvgIpc) is 2.40. The summed E-state index contributed by atoms with van der Waals surface area (Å²) in [6, 6.07) is 13.4. The Bertz CT molecular complexity index is 494. The summed E-state index contributed by atoms with van der Waals surface area (Å²) in [5.41, 5.74) is 4.07. The number of benzene rings is 1. The van der Waals surface area contributed by atoms with Crippen molar-refractivity contribution in [1.29, 1.82) is 0 Å². The van der Waals surface area contributed by atoms with Crippen LogP contribution in [-0.4, -0.2) is 17.6 Å². The molecule has 1 N–H and O–H groups in total. The fourth-order valence-corrected chi connectivity index (χ4v) is 2.43. The summed E-state index contributed by atoms with van der Waals surface area (Å²) >= 11 is 0. The Morgan fingerprint density at radius 3 is 2.47 bits per heavy atom. The number of hydrogen-bond donors (Lipinski definition) is 1. The van der Waals surface area contributed by atoms with E-state index in [1.165, 1.54) is 16.7 Å². The third-order valence-corrected chi connectivity index (χ3v) is 3.29. The third kappa shape index (κ3) is 4.49. The lowest BCUT2D eigenvalue weighted by Gasteiger charge is -2.18. The van der Waals surface area contributed by atoms with Crippen molar-refractivity contribution in [2.75, 3.05) is 6.54 Å². The molecule has 0 radical (unpaired) electrons. The molecule has 1 atom stereocenters. The van der Waals surface area contributed by atoms with Gasteiger partial charge in [0.05, 0.1) is 0 Å². The van der Waals surface area contributed by atoms with E-state index in [9.17, 15) is 0 Å². The predicted octanol–water partition coefficient (Wildman–Crippen LogP) is 3.15. The second-order valence-corrected chi connectivity index (χ2v) is 5.01. The standard InChI is InChI=1S/C17H22N2/c1-3-19-17(12-15-7-9-18-10-8-15)13-16-6-4-5-14(2)11-16/h4-11,17,19H,3,12-13H2,1-2H3. The molecule has 0 amide bonds.